The molecule has 0 atom stereocenters. The van der Waals surface area contributed by atoms with Crippen LogP contribution < -0.4 is 14.8 Å². The van der Waals surface area contributed by atoms with Gasteiger partial charge in [-0.3, -0.25) is 14.5 Å². The van der Waals surface area contributed by atoms with Crippen LogP contribution in [0.1, 0.15) is 28.7 Å². The van der Waals surface area contributed by atoms with Crippen LogP contribution in [-0.2, 0) is 19.6 Å². The number of rotatable bonds is 4. The largest absolute Gasteiger partial charge is 0.586 e. The number of pyridine rings is 1. The molecule has 1 aliphatic rings. The summed E-state index contributed by atoms with van der Waals surface area (Å²) >= 11 is 12.0. The van der Waals surface area contributed by atoms with Crippen LogP contribution in [-0.4, -0.2) is 27.0 Å². The van der Waals surface area contributed by atoms with Crippen LogP contribution >= 0.6 is 23.2 Å². The van der Waals surface area contributed by atoms with Gasteiger partial charge in [-0.1, -0.05) is 30.1 Å². The number of alkyl halides is 5. The van der Waals surface area contributed by atoms with Gasteiger partial charge < -0.3 is 14.8 Å². The average Bonchev–Trinajstić information content (AvgIpc) is 3.20. The van der Waals surface area contributed by atoms with Crippen molar-refractivity contribution < 1.29 is 36.2 Å². The highest BCUT2D eigenvalue weighted by Crippen LogP contribution is 2.46. The minimum absolute atomic E-state index is 0.0627. The zero-order chi connectivity index (χ0) is 25.0. The zero-order valence-electron chi connectivity index (χ0n) is 17.2. The summed E-state index contributed by atoms with van der Waals surface area (Å²) in [6.45, 7) is 1.76. The van der Waals surface area contributed by atoms with Gasteiger partial charge in [-0.25, -0.2) is 0 Å². The van der Waals surface area contributed by atoms with E-state index in [1.165, 1.54) is 18.3 Å². The van der Waals surface area contributed by atoms with Crippen molar-refractivity contribution in [3.05, 3.63) is 51.4 Å². The fourth-order valence-electron chi connectivity index (χ4n) is 3.32. The lowest BCUT2D eigenvalue weighted by Gasteiger charge is -2.13. The molecule has 0 saturated heterocycles. The minimum atomic E-state index is -4.83. The van der Waals surface area contributed by atoms with Gasteiger partial charge >= 0.3 is 12.5 Å². The highest BCUT2D eigenvalue weighted by atomic mass is 35.5. The van der Waals surface area contributed by atoms with Crippen LogP contribution in [0.3, 0.4) is 0 Å². The summed E-state index contributed by atoms with van der Waals surface area (Å²) in [6.07, 6.45) is -7.02. The molecule has 1 amide bonds. The maximum absolute atomic E-state index is 13.3. The van der Waals surface area contributed by atoms with Crippen LogP contribution in [0.15, 0.2) is 24.4 Å². The normalized spacial score (nSPS) is 14.4. The Hall–Kier alpha value is -3.12. The predicted molar refractivity (Wildman–Crippen MR) is 111 cm³/mol. The Bertz CT molecular complexity index is 1310. The number of halogens is 7. The van der Waals surface area contributed by atoms with E-state index in [-0.39, 0.29) is 33.5 Å². The Labute approximate surface area is 198 Å². The van der Waals surface area contributed by atoms with E-state index in [0.717, 1.165) is 11.7 Å². The van der Waals surface area contributed by atoms with Gasteiger partial charge in [-0.2, -0.15) is 18.3 Å². The fourth-order valence-corrected chi connectivity index (χ4v) is 3.93. The monoisotopic (exact) mass is 522 g/mol. The molecule has 0 radical (unpaired) electrons. The van der Waals surface area contributed by atoms with Gasteiger partial charge in [0.15, 0.2) is 17.2 Å². The lowest BCUT2D eigenvalue weighted by Crippen LogP contribution is -2.25. The van der Waals surface area contributed by atoms with Crippen molar-refractivity contribution in [1.29, 1.82) is 0 Å². The lowest BCUT2D eigenvalue weighted by molar-refractivity contribution is -0.286. The number of hydrogen-bond acceptors (Lipinski definition) is 5. The second kappa shape index (κ2) is 8.27. The number of aromatic nitrogens is 3. The molecule has 180 valence electrons. The molecule has 0 bridgehead atoms. The topological polar surface area (TPSA) is 78.3 Å². The van der Waals surface area contributed by atoms with Gasteiger partial charge in [-0.05, 0) is 24.1 Å². The highest BCUT2D eigenvalue weighted by molar-refractivity contribution is 6.35. The summed E-state index contributed by atoms with van der Waals surface area (Å²) in [5, 5.41) is 4.99. The van der Waals surface area contributed by atoms with Crippen molar-refractivity contribution in [1.82, 2.24) is 14.8 Å². The Kier molecular flexibility index (Phi) is 5.85. The standard InChI is InChI=1S/C20H13Cl2F5N4O3/c1-3-8-4-11(9-5-13-14(6-10(9)21)34-20(26,27)33-13)28-7-12(8)29-18(32)16-15(22)17(19(23,24)25)30-31(16)2/h4-7H,3H2,1-2H3,(H,29,32). The minimum Gasteiger partial charge on any atom is -0.395 e. The molecule has 14 heteroatoms. The van der Waals surface area contributed by atoms with Gasteiger partial charge in [0.1, 0.15) is 10.7 Å². The van der Waals surface area contributed by atoms with Crippen molar-refractivity contribution in [2.24, 2.45) is 7.05 Å². The first-order valence-electron chi connectivity index (χ1n) is 9.50. The van der Waals surface area contributed by atoms with E-state index >= 15 is 0 Å². The van der Waals surface area contributed by atoms with Gasteiger partial charge in [0.25, 0.3) is 5.91 Å². The number of aryl methyl sites for hydroxylation is 2. The number of ether oxygens (including phenoxy) is 2. The van der Waals surface area contributed by atoms with Crippen LogP contribution in [0.25, 0.3) is 11.3 Å². The zero-order valence-corrected chi connectivity index (χ0v) is 18.7. The SMILES string of the molecule is CCc1cc(-c2cc3c(cc2Cl)OC(F)(F)O3)ncc1NC(=O)c1c(Cl)c(C(F)(F)F)nn1C. The first kappa shape index (κ1) is 24.0. The molecule has 2 aromatic heterocycles. The number of anilines is 1. The maximum atomic E-state index is 13.3. The Morgan fingerprint density at radius 2 is 1.82 bits per heavy atom. The first-order chi connectivity index (χ1) is 15.8. The third-order valence-corrected chi connectivity index (χ3v) is 5.53. The first-order valence-corrected chi connectivity index (χ1v) is 10.3. The molecular weight excluding hydrogens is 510 g/mol. The molecule has 0 unspecified atom stereocenters. The number of amides is 1. The fraction of sp³-hybridized carbons (Fsp3) is 0.250. The summed E-state index contributed by atoms with van der Waals surface area (Å²) in [5.41, 5.74) is -0.593. The molecule has 0 fully saturated rings. The van der Waals surface area contributed by atoms with E-state index in [0.29, 0.717) is 12.0 Å². The smallest absolute Gasteiger partial charge is 0.395 e. The van der Waals surface area contributed by atoms with Crippen LogP contribution in [0.4, 0.5) is 27.6 Å². The summed E-state index contributed by atoms with van der Waals surface area (Å²) in [5.74, 6) is -1.39. The molecule has 0 spiro atoms. The van der Waals surface area contributed by atoms with Crippen LogP contribution in [0, 0.1) is 0 Å². The number of fused-ring (bicyclic) bond motifs is 1. The van der Waals surface area contributed by atoms with Crippen molar-refractivity contribution in [2.45, 2.75) is 25.8 Å². The molecule has 3 aromatic rings. The summed E-state index contributed by atoms with van der Waals surface area (Å²) < 4.78 is 75.3. The number of carbonyl (C=O) groups is 1. The van der Waals surface area contributed by atoms with Crippen molar-refractivity contribution >= 4 is 34.8 Å². The molecule has 1 aromatic carbocycles. The van der Waals surface area contributed by atoms with E-state index in [1.807, 2.05) is 0 Å². The molecule has 1 N–H and O–H groups in total. The quantitative estimate of drug-likeness (QED) is 0.428. The van der Waals surface area contributed by atoms with E-state index in [2.05, 4.69) is 24.9 Å². The molecule has 0 saturated carbocycles. The van der Waals surface area contributed by atoms with E-state index in [1.54, 1.807) is 13.0 Å². The van der Waals surface area contributed by atoms with Gasteiger partial charge in [-0.15, -0.1) is 8.78 Å². The van der Waals surface area contributed by atoms with Gasteiger partial charge in [0.05, 0.1) is 22.6 Å². The summed E-state index contributed by atoms with van der Waals surface area (Å²) in [6, 6.07) is 3.95. The molecule has 4 rings (SSSR count). The Balaban J connectivity index is 1.65. The maximum Gasteiger partial charge on any atom is 0.586 e. The van der Waals surface area contributed by atoms with Crippen LogP contribution in [0.5, 0.6) is 11.5 Å². The van der Waals surface area contributed by atoms with E-state index in [9.17, 15) is 26.7 Å². The van der Waals surface area contributed by atoms with E-state index in [4.69, 9.17) is 23.2 Å². The van der Waals surface area contributed by atoms with Crippen molar-refractivity contribution in [2.75, 3.05) is 5.32 Å². The predicted octanol–water partition coefficient (Wildman–Crippen LogP) is 5.94. The molecule has 1 aliphatic heterocycles. The number of benzene rings is 1. The molecule has 7 nitrogen and oxygen atoms in total. The van der Waals surface area contributed by atoms with E-state index < -0.39 is 34.8 Å². The molecule has 3 heterocycles. The number of nitrogens with zero attached hydrogens (tertiary/aromatic N) is 3. The lowest BCUT2D eigenvalue weighted by atomic mass is 10.1. The Morgan fingerprint density at radius 3 is 2.41 bits per heavy atom. The third-order valence-electron chi connectivity index (χ3n) is 4.86. The average molecular weight is 523 g/mol. The van der Waals surface area contributed by atoms with Gasteiger partial charge in [0.2, 0.25) is 0 Å². The van der Waals surface area contributed by atoms with Crippen molar-refractivity contribution in [3.63, 3.8) is 0 Å². The molecule has 0 aliphatic carbocycles. The number of carbonyl (C=O) groups excluding carboxylic acids is 1. The third kappa shape index (κ3) is 4.34. The van der Waals surface area contributed by atoms with Gasteiger partial charge in [0, 0.05) is 18.7 Å². The Morgan fingerprint density at radius 1 is 1.18 bits per heavy atom. The number of nitrogens with one attached hydrogen (secondary N) is 1. The second-order valence-electron chi connectivity index (χ2n) is 7.11. The summed E-state index contributed by atoms with van der Waals surface area (Å²) in [7, 11) is 1.16. The molecular formula is C20H13Cl2F5N4O3. The van der Waals surface area contributed by atoms with Crippen molar-refractivity contribution in [3.8, 4) is 22.8 Å². The molecule has 34 heavy (non-hydrogen) atoms. The number of hydrogen-bond donors (Lipinski definition) is 1. The van der Waals surface area contributed by atoms with Crippen LogP contribution in [0.2, 0.25) is 10.0 Å². The highest BCUT2D eigenvalue weighted by Gasteiger charge is 2.44. The summed E-state index contributed by atoms with van der Waals surface area (Å²) in [4.78, 5) is 16.9. The second-order valence-corrected chi connectivity index (χ2v) is 7.90.